The second-order valence-electron chi connectivity index (χ2n) is 5.59. The van der Waals surface area contributed by atoms with E-state index in [2.05, 4.69) is 25.9 Å². The van der Waals surface area contributed by atoms with E-state index >= 15 is 0 Å². The van der Waals surface area contributed by atoms with E-state index in [1.165, 1.54) is 34.8 Å². The molecule has 3 aliphatic rings. The Bertz CT molecular complexity index is 649. The minimum absolute atomic E-state index is 0.240. The summed E-state index contributed by atoms with van der Waals surface area (Å²) in [5.41, 5.74) is 8.03. The van der Waals surface area contributed by atoms with Crippen molar-refractivity contribution >= 4 is 23.6 Å². The summed E-state index contributed by atoms with van der Waals surface area (Å²) in [5.74, 6) is 1.25. The molecule has 8 heteroatoms. The monoisotopic (exact) mass is 317 g/mol. The minimum Gasteiger partial charge on any atom is -0.370 e. The molecule has 0 amide bonds. The number of aromatic nitrogens is 1. The van der Waals surface area contributed by atoms with E-state index in [0.717, 1.165) is 30.9 Å². The van der Waals surface area contributed by atoms with Crippen molar-refractivity contribution in [3.05, 3.63) is 27.1 Å². The number of guanidine groups is 1. The van der Waals surface area contributed by atoms with E-state index in [1.807, 2.05) is 11.3 Å². The number of rotatable bonds is 4. The maximum Gasteiger partial charge on any atom is 0.196 e. The molecule has 1 unspecified atom stereocenters. The lowest BCUT2D eigenvalue weighted by Gasteiger charge is -2.21. The normalized spacial score (nSPS) is 22.5. The summed E-state index contributed by atoms with van der Waals surface area (Å²) >= 11 is 1.87. The van der Waals surface area contributed by atoms with Crippen LogP contribution in [0.4, 0.5) is 0 Å². The summed E-state index contributed by atoms with van der Waals surface area (Å²) in [6.45, 7) is 0.805. The fourth-order valence-electron chi connectivity index (χ4n) is 2.93. The fourth-order valence-corrected chi connectivity index (χ4v) is 4.09. The van der Waals surface area contributed by atoms with Gasteiger partial charge in [0.2, 0.25) is 0 Å². The third kappa shape index (κ3) is 2.54. The molecule has 0 aromatic carbocycles. The Morgan fingerprint density at radius 2 is 2.27 bits per heavy atom. The highest BCUT2D eigenvalue weighted by Crippen LogP contribution is 2.26. The second-order valence-corrected chi connectivity index (χ2v) is 6.75. The molecule has 5 N–H and O–H groups in total. The molecular formula is C14H19N7S. The zero-order valence-electron chi connectivity index (χ0n) is 12.2. The average molecular weight is 317 g/mol. The Kier molecular flexibility index (Phi) is 3.45. The molecule has 7 nitrogen and oxygen atoms in total. The molecule has 116 valence electrons. The van der Waals surface area contributed by atoms with Gasteiger partial charge < -0.3 is 21.7 Å². The summed E-state index contributed by atoms with van der Waals surface area (Å²) in [4.78, 5) is 14.7. The average Bonchev–Trinajstić information content (AvgIpc) is 3.12. The first kappa shape index (κ1) is 13.6. The molecule has 0 saturated heterocycles. The van der Waals surface area contributed by atoms with Crippen LogP contribution in [0.2, 0.25) is 0 Å². The molecule has 2 aliphatic heterocycles. The van der Waals surface area contributed by atoms with Gasteiger partial charge in [-0.2, -0.15) is 0 Å². The van der Waals surface area contributed by atoms with Crippen molar-refractivity contribution in [3.63, 3.8) is 0 Å². The molecule has 3 heterocycles. The van der Waals surface area contributed by atoms with Gasteiger partial charge in [0.25, 0.3) is 0 Å². The van der Waals surface area contributed by atoms with Gasteiger partial charge in [-0.25, -0.2) is 15.0 Å². The van der Waals surface area contributed by atoms with Crippen LogP contribution >= 0.6 is 11.3 Å². The molecule has 1 aromatic heterocycles. The van der Waals surface area contributed by atoms with Crippen LogP contribution in [0.3, 0.4) is 0 Å². The number of fused-ring (bicyclic) bond motifs is 2. The molecule has 0 fully saturated rings. The highest BCUT2D eigenvalue weighted by Gasteiger charge is 2.25. The number of aryl methyl sites for hydroxylation is 2. The van der Waals surface area contributed by atoms with E-state index in [-0.39, 0.29) is 6.17 Å². The minimum atomic E-state index is -0.240. The molecule has 0 bridgehead atoms. The van der Waals surface area contributed by atoms with Crippen molar-refractivity contribution in [2.75, 3.05) is 6.54 Å². The van der Waals surface area contributed by atoms with E-state index in [0.29, 0.717) is 5.96 Å². The van der Waals surface area contributed by atoms with Crippen LogP contribution in [0.25, 0.3) is 0 Å². The van der Waals surface area contributed by atoms with E-state index in [1.54, 1.807) is 6.34 Å². The molecule has 0 saturated carbocycles. The van der Waals surface area contributed by atoms with Crippen LogP contribution < -0.4 is 21.7 Å². The Morgan fingerprint density at radius 1 is 1.36 bits per heavy atom. The van der Waals surface area contributed by atoms with E-state index in [9.17, 15) is 0 Å². The van der Waals surface area contributed by atoms with Crippen molar-refractivity contribution in [2.24, 2.45) is 15.7 Å². The first-order valence-corrected chi connectivity index (χ1v) is 8.45. The van der Waals surface area contributed by atoms with Gasteiger partial charge >= 0.3 is 0 Å². The molecule has 22 heavy (non-hydrogen) atoms. The van der Waals surface area contributed by atoms with Crippen LogP contribution in [-0.4, -0.2) is 30.0 Å². The summed E-state index contributed by atoms with van der Waals surface area (Å²) in [6.07, 6.45) is 7.26. The van der Waals surface area contributed by atoms with Crippen molar-refractivity contribution in [1.82, 2.24) is 20.9 Å². The summed E-state index contributed by atoms with van der Waals surface area (Å²) in [6, 6.07) is 0. The highest BCUT2D eigenvalue weighted by atomic mass is 32.1. The zero-order chi connectivity index (χ0) is 14.9. The van der Waals surface area contributed by atoms with Gasteiger partial charge in [0, 0.05) is 17.8 Å². The van der Waals surface area contributed by atoms with Crippen molar-refractivity contribution in [1.29, 1.82) is 0 Å². The number of nitrogens with zero attached hydrogens (tertiary/aromatic N) is 3. The standard InChI is InChI=1S/C14H19N7S/c15-14-20-12(11-13(21-14)18-7-17-11)16-6-5-10-19-8-3-1-2-4-9(8)22-10/h7,13,16H,1-6H2,(H,17,18)(H3,15,20,21). The number of aliphatic imine (C=N–C) groups is 2. The molecule has 1 aromatic rings. The van der Waals surface area contributed by atoms with Crippen LogP contribution in [0.15, 0.2) is 21.5 Å². The number of hydrogen-bond acceptors (Lipinski definition) is 8. The number of nitrogens with one attached hydrogen (secondary N) is 3. The van der Waals surface area contributed by atoms with Crippen molar-refractivity contribution in [2.45, 2.75) is 38.3 Å². The SMILES string of the molecule is NC1=NC2N=CNC2=C(NCCc2nc3c(s2)CCCC3)N1. The van der Waals surface area contributed by atoms with Gasteiger partial charge in [0.15, 0.2) is 12.1 Å². The maximum atomic E-state index is 5.78. The van der Waals surface area contributed by atoms with Gasteiger partial charge in [-0.15, -0.1) is 11.3 Å². The number of nitrogens with two attached hydrogens (primary N) is 1. The summed E-state index contributed by atoms with van der Waals surface area (Å²) < 4.78 is 0. The first-order valence-electron chi connectivity index (χ1n) is 7.63. The molecular weight excluding hydrogens is 298 g/mol. The van der Waals surface area contributed by atoms with Gasteiger partial charge in [-0.1, -0.05) is 0 Å². The molecule has 0 radical (unpaired) electrons. The quantitative estimate of drug-likeness (QED) is 0.636. The second kappa shape index (κ2) is 5.60. The maximum absolute atomic E-state index is 5.78. The topological polar surface area (TPSA) is 99.7 Å². The molecule has 1 aliphatic carbocycles. The Morgan fingerprint density at radius 3 is 3.18 bits per heavy atom. The van der Waals surface area contributed by atoms with Crippen LogP contribution in [0.1, 0.15) is 28.4 Å². The van der Waals surface area contributed by atoms with Crippen molar-refractivity contribution < 1.29 is 0 Å². The van der Waals surface area contributed by atoms with Gasteiger partial charge in [-0.05, 0) is 25.7 Å². The smallest absolute Gasteiger partial charge is 0.196 e. The van der Waals surface area contributed by atoms with Crippen LogP contribution in [-0.2, 0) is 19.3 Å². The van der Waals surface area contributed by atoms with Gasteiger partial charge in [0.1, 0.15) is 11.5 Å². The predicted molar refractivity (Wildman–Crippen MR) is 87.7 cm³/mol. The largest absolute Gasteiger partial charge is 0.370 e. The van der Waals surface area contributed by atoms with Crippen LogP contribution in [0.5, 0.6) is 0 Å². The molecule has 4 rings (SSSR count). The first-order chi connectivity index (χ1) is 10.8. The van der Waals surface area contributed by atoms with Gasteiger partial charge in [-0.3, -0.25) is 0 Å². The predicted octanol–water partition coefficient (Wildman–Crippen LogP) is 0.199. The van der Waals surface area contributed by atoms with Gasteiger partial charge in [0.05, 0.1) is 17.0 Å². The third-order valence-electron chi connectivity index (χ3n) is 4.01. The third-order valence-corrected chi connectivity index (χ3v) is 5.23. The Hall–Kier alpha value is -2.09. The summed E-state index contributed by atoms with van der Waals surface area (Å²) in [7, 11) is 0. The number of thiazole rings is 1. The molecule has 0 spiro atoms. The highest BCUT2D eigenvalue weighted by molar-refractivity contribution is 7.11. The lowest BCUT2D eigenvalue weighted by atomic mass is 10.0. The summed E-state index contributed by atoms with van der Waals surface area (Å²) in [5, 5.41) is 10.8. The Labute approximate surface area is 132 Å². The van der Waals surface area contributed by atoms with E-state index < -0.39 is 0 Å². The van der Waals surface area contributed by atoms with E-state index in [4.69, 9.17) is 10.7 Å². The van der Waals surface area contributed by atoms with Crippen molar-refractivity contribution in [3.8, 4) is 0 Å². The van der Waals surface area contributed by atoms with Crippen LogP contribution in [0, 0.1) is 0 Å². The Balaban J connectivity index is 1.38. The lowest BCUT2D eigenvalue weighted by Crippen LogP contribution is -2.44. The fraction of sp³-hybridized carbons (Fsp3) is 0.500. The number of hydrogen-bond donors (Lipinski definition) is 4. The lowest BCUT2D eigenvalue weighted by molar-refractivity contribution is 0.668. The molecule has 1 atom stereocenters. The zero-order valence-corrected chi connectivity index (χ0v) is 13.0.